The Morgan fingerprint density at radius 3 is 2.00 bits per heavy atom. The minimum atomic E-state index is -1.42. The number of benzene rings is 1. The summed E-state index contributed by atoms with van der Waals surface area (Å²) in [5, 5.41) is 12.1. The first-order valence-electron chi connectivity index (χ1n) is 8.87. The fraction of sp³-hybridized carbons (Fsp3) is 0.238. The predicted octanol–water partition coefficient (Wildman–Crippen LogP) is 2.24. The third-order valence-electron chi connectivity index (χ3n) is 5.09. The lowest BCUT2D eigenvalue weighted by atomic mass is 9.76. The molecule has 0 saturated carbocycles. The van der Waals surface area contributed by atoms with Crippen molar-refractivity contribution in [2.45, 2.75) is 17.7 Å². The number of nitrogens with zero attached hydrogens (tertiary/aromatic N) is 3. The molecular weight excluding hydrogens is 343 g/mol. The average molecular weight is 364 g/mol. The highest BCUT2D eigenvalue weighted by Gasteiger charge is 2.47. The molecule has 2 aromatic heterocycles. The minimum Gasteiger partial charge on any atom is -0.378 e. The van der Waals surface area contributed by atoms with Gasteiger partial charge < -0.3 is 10.8 Å². The Labute approximate surface area is 157 Å². The monoisotopic (exact) mass is 364 g/mol. The van der Waals surface area contributed by atoms with Crippen molar-refractivity contribution in [2.24, 2.45) is 5.73 Å². The van der Waals surface area contributed by atoms with Gasteiger partial charge in [0, 0.05) is 55.0 Å². The number of halogens is 1. The summed E-state index contributed by atoms with van der Waals surface area (Å²) in [4.78, 5) is 10.5. The van der Waals surface area contributed by atoms with E-state index in [4.69, 9.17) is 5.73 Å². The van der Waals surface area contributed by atoms with Gasteiger partial charge in [-0.25, -0.2) is 4.39 Å². The zero-order valence-corrected chi connectivity index (χ0v) is 14.7. The van der Waals surface area contributed by atoms with Gasteiger partial charge in [0.2, 0.25) is 0 Å². The highest BCUT2D eigenvalue weighted by atomic mass is 19.1. The fourth-order valence-electron chi connectivity index (χ4n) is 3.78. The summed E-state index contributed by atoms with van der Waals surface area (Å²) in [5.41, 5.74) is 6.70. The van der Waals surface area contributed by atoms with Crippen LogP contribution in [0.1, 0.15) is 22.7 Å². The normalized spacial score (nSPS) is 16.7. The first kappa shape index (κ1) is 17.7. The lowest BCUT2D eigenvalue weighted by Gasteiger charge is -2.49. The van der Waals surface area contributed by atoms with Crippen LogP contribution in [-0.2, 0) is 5.60 Å². The molecule has 4 rings (SSSR count). The van der Waals surface area contributed by atoms with Crippen molar-refractivity contribution in [3.63, 3.8) is 0 Å². The van der Waals surface area contributed by atoms with Gasteiger partial charge in [0.05, 0.1) is 6.04 Å². The van der Waals surface area contributed by atoms with Crippen LogP contribution in [0.4, 0.5) is 4.39 Å². The summed E-state index contributed by atoms with van der Waals surface area (Å²) in [5.74, 6) is -0.316. The van der Waals surface area contributed by atoms with Crippen LogP contribution < -0.4 is 5.73 Å². The first-order chi connectivity index (χ1) is 13.1. The van der Waals surface area contributed by atoms with Gasteiger partial charge >= 0.3 is 0 Å². The lowest BCUT2D eigenvalue weighted by molar-refractivity contribution is -0.0531. The maximum Gasteiger partial charge on any atom is 0.137 e. The van der Waals surface area contributed by atoms with E-state index in [1.807, 2.05) is 12.1 Å². The molecule has 1 aliphatic rings. The van der Waals surface area contributed by atoms with Gasteiger partial charge in [-0.05, 0) is 29.8 Å². The van der Waals surface area contributed by atoms with E-state index in [9.17, 15) is 9.50 Å². The summed E-state index contributed by atoms with van der Waals surface area (Å²) >= 11 is 0. The van der Waals surface area contributed by atoms with Gasteiger partial charge in [0.1, 0.15) is 11.4 Å². The Morgan fingerprint density at radius 1 is 1.00 bits per heavy atom. The number of hydrogen-bond donors (Lipinski definition) is 2. The SMILES string of the molecule is NC1CN(C(c2ccc(F)cc2)C(O)(c2cccnc2)c2cccnc2)C1. The molecule has 1 atom stereocenters. The van der Waals surface area contributed by atoms with Crippen molar-refractivity contribution in [1.29, 1.82) is 0 Å². The summed E-state index contributed by atoms with van der Waals surface area (Å²) in [6.07, 6.45) is 6.64. The van der Waals surface area contributed by atoms with Crippen LogP contribution in [0.5, 0.6) is 0 Å². The molecule has 0 amide bonds. The van der Waals surface area contributed by atoms with Crippen molar-refractivity contribution >= 4 is 0 Å². The number of pyridine rings is 2. The number of aliphatic hydroxyl groups is 1. The number of likely N-dealkylation sites (tertiary alicyclic amines) is 1. The topological polar surface area (TPSA) is 75.3 Å². The molecule has 5 nitrogen and oxygen atoms in total. The van der Waals surface area contributed by atoms with E-state index in [-0.39, 0.29) is 11.9 Å². The molecule has 1 aromatic carbocycles. The Morgan fingerprint density at radius 2 is 1.56 bits per heavy atom. The molecule has 0 aliphatic carbocycles. The van der Waals surface area contributed by atoms with E-state index < -0.39 is 11.6 Å². The summed E-state index contributed by atoms with van der Waals surface area (Å²) in [6, 6.07) is 13.1. The largest absolute Gasteiger partial charge is 0.378 e. The number of hydrogen-bond acceptors (Lipinski definition) is 5. The molecule has 3 aromatic rings. The molecule has 3 N–H and O–H groups in total. The van der Waals surface area contributed by atoms with Crippen molar-refractivity contribution in [2.75, 3.05) is 13.1 Å². The van der Waals surface area contributed by atoms with E-state index in [0.29, 0.717) is 24.2 Å². The molecule has 0 bridgehead atoms. The maximum absolute atomic E-state index is 13.5. The Bertz CT molecular complexity index is 844. The maximum atomic E-state index is 13.5. The molecule has 1 saturated heterocycles. The molecule has 6 heteroatoms. The second kappa shape index (κ2) is 7.15. The number of nitrogens with two attached hydrogens (primary N) is 1. The molecule has 138 valence electrons. The summed E-state index contributed by atoms with van der Waals surface area (Å²) in [6.45, 7) is 1.29. The Balaban J connectivity index is 1.90. The van der Waals surface area contributed by atoms with E-state index in [1.165, 1.54) is 12.1 Å². The number of rotatable bonds is 5. The van der Waals surface area contributed by atoms with Gasteiger partial charge in [-0.1, -0.05) is 24.3 Å². The smallest absolute Gasteiger partial charge is 0.137 e. The summed E-state index contributed by atoms with van der Waals surface area (Å²) in [7, 11) is 0. The molecule has 27 heavy (non-hydrogen) atoms. The van der Waals surface area contributed by atoms with Crippen molar-refractivity contribution in [1.82, 2.24) is 14.9 Å². The zero-order chi connectivity index (χ0) is 18.9. The molecule has 0 radical (unpaired) electrons. The van der Waals surface area contributed by atoms with Gasteiger partial charge in [0.25, 0.3) is 0 Å². The van der Waals surface area contributed by atoms with E-state index in [1.54, 1.807) is 49.1 Å². The second-order valence-corrected chi connectivity index (χ2v) is 6.92. The second-order valence-electron chi connectivity index (χ2n) is 6.92. The van der Waals surface area contributed by atoms with E-state index in [2.05, 4.69) is 14.9 Å². The molecular formula is C21H21FN4O. The van der Waals surface area contributed by atoms with Gasteiger partial charge in [-0.2, -0.15) is 0 Å². The third-order valence-corrected chi connectivity index (χ3v) is 5.09. The third kappa shape index (κ3) is 3.23. The Hall–Kier alpha value is -2.67. The molecule has 1 fully saturated rings. The first-order valence-corrected chi connectivity index (χ1v) is 8.87. The minimum absolute atomic E-state index is 0.0556. The van der Waals surface area contributed by atoms with Crippen LogP contribution in [0.25, 0.3) is 0 Å². The molecule has 0 spiro atoms. The summed E-state index contributed by atoms with van der Waals surface area (Å²) < 4.78 is 13.5. The fourth-order valence-corrected chi connectivity index (χ4v) is 3.78. The molecule has 3 heterocycles. The van der Waals surface area contributed by atoms with Gasteiger partial charge in [-0.15, -0.1) is 0 Å². The van der Waals surface area contributed by atoms with Crippen LogP contribution in [0.2, 0.25) is 0 Å². The van der Waals surface area contributed by atoms with Crippen LogP contribution >= 0.6 is 0 Å². The quantitative estimate of drug-likeness (QED) is 0.726. The van der Waals surface area contributed by atoms with Crippen molar-refractivity contribution in [3.05, 3.63) is 95.8 Å². The molecule has 1 aliphatic heterocycles. The van der Waals surface area contributed by atoms with Crippen molar-refractivity contribution in [3.8, 4) is 0 Å². The van der Waals surface area contributed by atoms with Crippen LogP contribution in [0, 0.1) is 5.82 Å². The van der Waals surface area contributed by atoms with Crippen molar-refractivity contribution < 1.29 is 9.50 Å². The predicted molar refractivity (Wildman–Crippen MR) is 100 cm³/mol. The van der Waals surface area contributed by atoms with Gasteiger partial charge in [-0.3, -0.25) is 14.9 Å². The van der Waals surface area contributed by atoms with E-state index in [0.717, 1.165) is 5.56 Å². The standard InChI is InChI=1S/C21H21FN4O/c22-18-7-5-15(6-8-18)20(26-13-19(23)14-26)21(27,16-3-1-9-24-11-16)17-4-2-10-25-12-17/h1-12,19-20,27H,13-14,23H2. The van der Waals surface area contributed by atoms with Crippen LogP contribution in [-0.4, -0.2) is 39.1 Å². The number of aromatic nitrogens is 2. The lowest BCUT2D eigenvalue weighted by Crippen LogP contribution is -2.60. The highest BCUT2D eigenvalue weighted by molar-refractivity contribution is 5.40. The zero-order valence-electron chi connectivity index (χ0n) is 14.7. The van der Waals surface area contributed by atoms with E-state index >= 15 is 0 Å². The highest BCUT2D eigenvalue weighted by Crippen LogP contribution is 2.45. The van der Waals surface area contributed by atoms with Crippen LogP contribution in [0.15, 0.2) is 73.3 Å². The molecule has 1 unspecified atom stereocenters. The average Bonchev–Trinajstić information content (AvgIpc) is 2.69. The van der Waals surface area contributed by atoms with Gasteiger partial charge in [0.15, 0.2) is 0 Å². The Kier molecular flexibility index (Phi) is 4.70. The van der Waals surface area contributed by atoms with Crippen LogP contribution in [0.3, 0.4) is 0 Å².